The Morgan fingerprint density at radius 3 is 2.74 bits per heavy atom. The standard InChI is InChI=1S/C16H16F3N7S/c17-16(18,19)12-10(2-1-5-21-12)27-11-8-22-13-14(24-11)26-15(25-13)23-9-3-6-20-7-4-9/h1-2,5,8-9,20H,3-4,6-7H2,(H2,22,23,24,25,26). The van der Waals surface area contributed by atoms with Crippen molar-refractivity contribution < 1.29 is 13.2 Å². The van der Waals surface area contributed by atoms with Crippen LogP contribution in [0.25, 0.3) is 11.3 Å². The van der Waals surface area contributed by atoms with Gasteiger partial charge in [-0.2, -0.15) is 18.2 Å². The maximum atomic E-state index is 13.1. The highest BCUT2D eigenvalue weighted by molar-refractivity contribution is 7.99. The van der Waals surface area contributed by atoms with Crippen molar-refractivity contribution in [1.29, 1.82) is 0 Å². The molecule has 1 aliphatic rings. The number of piperidine rings is 1. The van der Waals surface area contributed by atoms with Crippen molar-refractivity contribution in [2.45, 2.75) is 35.0 Å². The number of nitrogens with zero attached hydrogens (tertiary/aromatic N) is 4. The summed E-state index contributed by atoms with van der Waals surface area (Å²) in [4.78, 5) is 19.4. The van der Waals surface area contributed by atoms with Crippen LogP contribution in [0.5, 0.6) is 0 Å². The van der Waals surface area contributed by atoms with E-state index in [9.17, 15) is 13.2 Å². The lowest BCUT2D eigenvalue weighted by atomic mass is 10.1. The first-order valence-electron chi connectivity index (χ1n) is 8.39. The Kier molecular flexibility index (Phi) is 4.87. The normalized spacial score (nSPS) is 16.0. The Bertz CT molecular complexity index is 937. The molecule has 0 atom stereocenters. The highest BCUT2D eigenvalue weighted by atomic mass is 32.2. The summed E-state index contributed by atoms with van der Waals surface area (Å²) in [6, 6.07) is 3.13. The van der Waals surface area contributed by atoms with Gasteiger partial charge in [-0.15, -0.1) is 0 Å². The van der Waals surface area contributed by atoms with Crippen molar-refractivity contribution in [3.05, 3.63) is 30.2 Å². The molecule has 0 spiro atoms. The van der Waals surface area contributed by atoms with Gasteiger partial charge in [-0.3, -0.25) is 4.98 Å². The number of H-pyrrole nitrogens is 1. The lowest BCUT2D eigenvalue weighted by Gasteiger charge is -2.23. The molecule has 3 aromatic heterocycles. The molecule has 4 heterocycles. The lowest BCUT2D eigenvalue weighted by molar-refractivity contribution is -0.143. The maximum Gasteiger partial charge on any atom is 0.434 e. The van der Waals surface area contributed by atoms with Crippen LogP contribution < -0.4 is 10.6 Å². The molecule has 1 aliphatic heterocycles. The van der Waals surface area contributed by atoms with Crippen LogP contribution in [-0.2, 0) is 6.18 Å². The van der Waals surface area contributed by atoms with E-state index in [0.29, 0.717) is 28.3 Å². The Morgan fingerprint density at radius 2 is 1.96 bits per heavy atom. The minimum Gasteiger partial charge on any atom is -0.353 e. The van der Waals surface area contributed by atoms with Gasteiger partial charge in [-0.05, 0) is 38.1 Å². The molecule has 4 rings (SSSR count). The predicted octanol–water partition coefficient (Wildman–Crippen LogP) is 3.08. The molecule has 3 N–H and O–H groups in total. The van der Waals surface area contributed by atoms with Crippen LogP contribution in [0.2, 0.25) is 0 Å². The molecule has 0 amide bonds. The van der Waals surface area contributed by atoms with E-state index < -0.39 is 11.9 Å². The summed E-state index contributed by atoms with van der Waals surface area (Å²) in [5.41, 5.74) is -0.0981. The number of halogens is 3. The minimum absolute atomic E-state index is 0.0257. The van der Waals surface area contributed by atoms with Gasteiger partial charge in [-0.1, -0.05) is 11.8 Å². The second-order valence-corrected chi connectivity index (χ2v) is 7.15. The van der Waals surface area contributed by atoms with Gasteiger partial charge in [0.2, 0.25) is 5.95 Å². The lowest BCUT2D eigenvalue weighted by Crippen LogP contribution is -2.35. The number of fused-ring (bicyclic) bond motifs is 1. The highest BCUT2D eigenvalue weighted by Crippen LogP contribution is 2.37. The molecule has 142 valence electrons. The summed E-state index contributed by atoms with van der Waals surface area (Å²) in [5.74, 6) is 0.566. The van der Waals surface area contributed by atoms with Gasteiger partial charge < -0.3 is 15.6 Å². The van der Waals surface area contributed by atoms with Crippen LogP contribution in [0, 0.1) is 0 Å². The van der Waals surface area contributed by atoms with E-state index in [0.717, 1.165) is 43.9 Å². The van der Waals surface area contributed by atoms with E-state index in [1.54, 1.807) is 0 Å². The fraction of sp³-hybridized carbons (Fsp3) is 0.375. The number of pyridine rings is 1. The molecule has 0 bridgehead atoms. The second kappa shape index (κ2) is 7.31. The van der Waals surface area contributed by atoms with Crippen molar-refractivity contribution in [2.24, 2.45) is 0 Å². The van der Waals surface area contributed by atoms with E-state index in [-0.39, 0.29) is 4.90 Å². The largest absolute Gasteiger partial charge is 0.434 e. The number of imidazole rings is 1. The summed E-state index contributed by atoms with van der Waals surface area (Å²) in [6.07, 6.45) is -0.0132. The Hall–Kier alpha value is -2.40. The van der Waals surface area contributed by atoms with Gasteiger partial charge in [0.15, 0.2) is 17.0 Å². The molecule has 27 heavy (non-hydrogen) atoms. The van der Waals surface area contributed by atoms with E-state index in [4.69, 9.17) is 0 Å². The van der Waals surface area contributed by atoms with Crippen molar-refractivity contribution >= 4 is 29.0 Å². The first-order valence-corrected chi connectivity index (χ1v) is 9.21. The number of rotatable bonds is 4. The van der Waals surface area contributed by atoms with Gasteiger partial charge in [-0.25, -0.2) is 9.97 Å². The Balaban J connectivity index is 1.55. The summed E-state index contributed by atoms with van der Waals surface area (Å²) in [7, 11) is 0. The number of aromatic nitrogens is 5. The third-order valence-electron chi connectivity index (χ3n) is 4.12. The van der Waals surface area contributed by atoms with Crippen LogP contribution in [0.3, 0.4) is 0 Å². The SMILES string of the molecule is FC(F)(F)c1ncccc1Sc1cnc2[nH]c(NC3CCNCC3)nc2n1. The molecule has 1 fully saturated rings. The highest BCUT2D eigenvalue weighted by Gasteiger charge is 2.35. The van der Waals surface area contributed by atoms with Gasteiger partial charge in [0.05, 0.1) is 6.20 Å². The molecule has 0 aromatic carbocycles. The fourth-order valence-corrected chi connectivity index (χ4v) is 3.73. The zero-order valence-electron chi connectivity index (χ0n) is 14.0. The van der Waals surface area contributed by atoms with Crippen molar-refractivity contribution in [3.63, 3.8) is 0 Å². The fourth-order valence-electron chi connectivity index (χ4n) is 2.85. The van der Waals surface area contributed by atoms with Gasteiger partial charge >= 0.3 is 6.18 Å². The molecule has 11 heteroatoms. The third-order valence-corrected chi connectivity index (χ3v) is 5.08. The molecule has 3 aromatic rings. The van der Waals surface area contributed by atoms with Gasteiger partial charge in [0.25, 0.3) is 0 Å². The van der Waals surface area contributed by atoms with Crippen LogP contribution in [-0.4, -0.2) is 44.1 Å². The molecule has 0 radical (unpaired) electrons. The first kappa shape index (κ1) is 18.0. The summed E-state index contributed by atoms with van der Waals surface area (Å²) >= 11 is 0.862. The average molecular weight is 395 g/mol. The number of alkyl halides is 3. The molecular weight excluding hydrogens is 379 g/mol. The monoisotopic (exact) mass is 395 g/mol. The molecule has 0 unspecified atom stereocenters. The molecule has 1 saturated heterocycles. The predicted molar refractivity (Wildman–Crippen MR) is 94.6 cm³/mol. The smallest absolute Gasteiger partial charge is 0.353 e. The average Bonchev–Trinajstić information content (AvgIpc) is 3.03. The second-order valence-electron chi connectivity index (χ2n) is 6.08. The van der Waals surface area contributed by atoms with Crippen LogP contribution in [0.1, 0.15) is 18.5 Å². The van der Waals surface area contributed by atoms with Crippen LogP contribution in [0.15, 0.2) is 34.4 Å². The molecular formula is C16H16F3N7S. The Labute approximate surface area is 156 Å². The van der Waals surface area contributed by atoms with Crippen molar-refractivity contribution in [1.82, 2.24) is 30.2 Å². The number of nitrogens with one attached hydrogen (secondary N) is 3. The van der Waals surface area contributed by atoms with E-state index in [1.807, 2.05) is 0 Å². The van der Waals surface area contributed by atoms with Crippen LogP contribution in [0.4, 0.5) is 19.1 Å². The minimum atomic E-state index is -4.53. The third kappa shape index (κ3) is 4.14. The van der Waals surface area contributed by atoms with E-state index in [1.165, 1.54) is 18.3 Å². The Morgan fingerprint density at radius 1 is 1.15 bits per heavy atom. The summed E-state index contributed by atoms with van der Waals surface area (Å²) in [5, 5.41) is 6.93. The molecule has 0 aliphatic carbocycles. The number of anilines is 1. The van der Waals surface area contributed by atoms with E-state index in [2.05, 4.69) is 35.6 Å². The van der Waals surface area contributed by atoms with Crippen molar-refractivity contribution in [3.8, 4) is 0 Å². The summed E-state index contributed by atoms with van der Waals surface area (Å²) < 4.78 is 39.3. The van der Waals surface area contributed by atoms with Gasteiger partial charge in [0, 0.05) is 17.1 Å². The number of hydrogen-bond donors (Lipinski definition) is 3. The van der Waals surface area contributed by atoms with E-state index >= 15 is 0 Å². The van der Waals surface area contributed by atoms with Crippen molar-refractivity contribution in [2.75, 3.05) is 18.4 Å². The molecule has 7 nitrogen and oxygen atoms in total. The number of hydrogen-bond acceptors (Lipinski definition) is 7. The topological polar surface area (TPSA) is 91.4 Å². The molecule has 0 saturated carbocycles. The first-order chi connectivity index (χ1) is 13.0. The maximum absolute atomic E-state index is 13.1. The van der Waals surface area contributed by atoms with Gasteiger partial charge in [0.1, 0.15) is 5.03 Å². The quantitative estimate of drug-likeness (QED) is 0.625. The summed E-state index contributed by atoms with van der Waals surface area (Å²) in [6.45, 7) is 1.89. The van der Waals surface area contributed by atoms with Crippen LogP contribution >= 0.6 is 11.8 Å². The number of aromatic amines is 1. The zero-order valence-corrected chi connectivity index (χ0v) is 14.9. The zero-order chi connectivity index (χ0) is 18.9.